The standard InChI is InChI=1S/C19H25N3O2S/c1-14-13-25-18(21-14)12-20-19(24)22-10-8-16(9-11-22)3-2-15-4-6-17(23)7-5-15/h4-7,13,16,23H,2-3,8-12H2,1H3,(H,20,24). The molecule has 1 saturated heterocycles. The number of phenols is 1. The number of benzene rings is 1. The predicted octanol–water partition coefficient (Wildman–Crippen LogP) is 3.71. The van der Waals surface area contributed by atoms with E-state index in [4.69, 9.17) is 0 Å². The van der Waals surface area contributed by atoms with Crippen molar-refractivity contribution in [1.82, 2.24) is 15.2 Å². The molecule has 6 heteroatoms. The molecule has 3 rings (SSSR count). The van der Waals surface area contributed by atoms with Crippen LogP contribution in [0.15, 0.2) is 29.6 Å². The average Bonchev–Trinajstić information content (AvgIpc) is 3.05. The number of hydrogen-bond acceptors (Lipinski definition) is 4. The summed E-state index contributed by atoms with van der Waals surface area (Å²) in [4.78, 5) is 18.5. The van der Waals surface area contributed by atoms with Gasteiger partial charge in [-0.15, -0.1) is 11.3 Å². The molecule has 2 amide bonds. The van der Waals surface area contributed by atoms with Crippen LogP contribution in [0.3, 0.4) is 0 Å². The number of aromatic hydroxyl groups is 1. The van der Waals surface area contributed by atoms with Crippen LogP contribution >= 0.6 is 11.3 Å². The summed E-state index contributed by atoms with van der Waals surface area (Å²) in [5, 5.41) is 15.3. The number of nitrogens with one attached hydrogen (secondary N) is 1. The molecule has 1 fully saturated rings. The molecule has 0 aliphatic carbocycles. The van der Waals surface area contributed by atoms with Crippen LogP contribution in [-0.2, 0) is 13.0 Å². The highest BCUT2D eigenvalue weighted by Gasteiger charge is 2.22. The first kappa shape index (κ1) is 17.7. The van der Waals surface area contributed by atoms with Gasteiger partial charge in [0.05, 0.1) is 6.54 Å². The van der Waals surface area contributed by atoms with Crippen molar-refractivity contribution in [3.63, 3.8) is 0 Å². The van der Waals surface area contributed by atoms with Crippen molar-refractivity contribution in [2.45, 2.75) is 39.2 Å². The summed E-state index contributed by atoms with van der Waals surface area (Å²) >= 11 is 1.58. The molecule has 1 aromatic carbocycles. The Labute approximate surface area is 152 Å². The van der Waals surface area contributed by atoms with Crippen molar-refractivity contribution in [2.24, 2.45) is 5.92 Å². The lowest BCUT2D eigenvalue weighted by Gasteiger charge is -2.32. The van der Waals surface area contributed by atoms with Crippen molar-refractivity contribution in [3.05, 3.63) is 45.9 Å². The number of piperidine rings is 1. The Hall–Kier alpha value is -2.08. The van der Waals surface area contributed by atoms with E-state index in [2.05, 4.69) is 10.3 Å². The van der Waals surface area contributed by atoms with E-state index >= 15 is 0 Å². The van der Waals surface area contributed by atoms with Gasteiger partial charge in [-0.25, -0.2) is 9.78 Å². The summed E-state index contributed by atoms with van der Waals surface area (Å²) in [6.45, 7) is 4.12. The molecule has 0 spiro atoms. The molecule has 2 aromatic rings. The van der Waals surface area contributed by atoms with E-state index in [1.54, 1.807) is 23.5 Å². The molecule has 1 aliphatic rings. The maximum atomic E-state index is 12.3. The Morgan fingerprint density at radius 2 is 2.04 bits per heavy atom. The number of phenolic OH excluding ortho intramolecular Hbond substituents is 1. The summed E-state index contributed by atoms with van der Waals surface area (Å²) in [7, 11) is 0. The molecule has 2 heterocycles. The molecule has 134 valence electrons. The summed E-state index contributed by atoms with van der Waals surface area (Å²) in [5.41, 5.74) is 2.26. The van der Waals surface area contributed by atoms with Gasteiger partial charge in [0.2, 0.25) is 0 Å². The minimum absolute atomic E-state index is 0.0184. The van der Waals surface area contributed by atoms with Gasteiger partial charge < -0.3 is 15.3 Å². The van der Waals surface area contributed by atoms with Crippen molar-refractivity contribution >= 4 is 17.4 Å². The summed E-state index contributed by atoms with van der Waals surface area (Å²) in [6, 6.07) is 7.47. The maximum Gasteiger partial charge on any atom is 0.317 e. The molecule has 2 N–H and O–H groups in total. The first-order valence-corrected chi connectivity index (χ1v) is 9.70. The van der Waals surface area contributed by atoms with E-state index in [9.17, 15) is 9.90 Å². The van der Waals surface area contributed by atoms with E-state index in [0.29, 0.717) is 18.2 Å². The molecule has 25 heavy (non-hydrogen) atoms. The van der Waals surface area contributed by atoms with E-state index < -0.39 is 0 Å². The highest BCUT2D eigenvalue weighted by molar-refractivity contribution is 7.09. The fraction of sp³-hybridized carbons (Fsp3) is 0.474. The smallest absolute Gasteiger partial charge is 0.317 e. The van der Waals surface area contributed by atoms with Crippen molar-refractivity contribution in [2.75, 3.05) is 13.1 Å². The normalized spacial score (nSPS) is 15.3. The summed E-state index contributed by atoms with van der Waals surface area (Å²) in [5.74, 6) is 0.982. The lowest BCUT2D eigenvalue weighted by Crippen LogP contribution is -2.44. The molecular formula is C19H25N3O2S. The molecule has 1 aliphatic heterocycles. The van der Waals surface area contributed by atoms with Gasteiger partial charge >= 0.3 is 6.03 Å². The number of likely N-dealkylation sites (tertiary alicyclic amines) is 1. The van der Waals surface area contributed by atoms with E-state index in [1.165, 1.54) is 5.56 Å². The Morgan fingerprint density at radius 3 is 2.68 bits per heavy atom. The molecule has 0 saturated carbocycles. The van der Waals surface area contributed by atoms with Crippen LogP contribution in [0.1, 0.15) is 35.5 Å². The van der Waals surface area contributed by atoms with Gasteiger partial charge in [-0.1, -0.05) is 12.1 Å². The summed E-state index contributed by atoms with van der Waals surface area (Å²) in [6.07, 6.45) is 4.28. The van der Waals surface area contributed by atoms with Crippen LogP contribution < -0.4 is 5.32 Å². The number of urea groups is 1. The van der Waals surface area contributed by atoms with Gasteiger partial charge in [0.1, 0.15) is 10.8 Å². The van der Waals surface area contributed by atoms with Crippen molar-refractivity contribution in [3.8, 4) is 5.75 Å². The van der Waals surface area contributed by atoms with Gasteiger partial charge in [-0.2, -0.15) is 0 Å². The third kappa shape index (κ3) is 5.19. The fourth-order valence-electron chi connectivity index (χ4n) is 3.21. The first-order valence-electron chi connectivity index (χ1n) is 8.82. The van der Waals surface area contributed by atoms with E-state index in [0.717, 1.165) is 49.5 Å². The number of aryl methyl sites for hydroxylation is 2. The van der Waals surface area contributed by atoms with Crippen LogP contribution in [0.5, 0.6) is 5.75 Å². The lowest BCUT2D eigenvalue weighted by atomic mass is 9.90. The zero-order valence-corrected chi connectivity index (χ0v) is 15.4. The zero-order valence-electron chi connectivity index (χ0n) is 14.6. The number of carbonyl (C=O) groups excluding carboxylic acids is 1. The van der Waals surface area contributed by atoms with Gasteiger partial charge in [-0.3, -0.25) is 0 Å². The average molecular weight is 359 g/mol. The molecule has 0 atom stereocenters. The molecule has 1 aromatic heterocycles. The number of aromatic nitrogens is 1. The first-order chi connectivity index (χ1) is 12.1. The second-order valence-corrected chi connectivity index (χ2v) is 7.62. The molecule has 0 bridgehead atoms. The highest BCUT2D eigenvalue weighted by Crippen LogP contribution is 2.23. The Balaban J connectivity index is 1.37. The van der Waals surface area contributed by atoms with Gasteiger partial charge in [0.15, 0.2) is 0 Å². The zero-order chi connectivity index (χ0) is 17.6. The number of thiazole rings is 1. The molecule has 0 radical (unpaired) electrons. The monoisotopic (exact) mass is 359 g/mol. The minimum atomic E-state index is 0.0184. The second-order valence-electron chi connectivity index (χ2n) is 6.68. The Morgan fingerprint density at radius 1 is 1.32 bits per heavy atom. The number of amides is 2. The summed E-state index contributed by atoms with van der Waals surface area (Å²) < 4.78 is 0. The number of hydrogen-bond donors (Lipinski definition) is 2. The number of carbonyl (C=O) groups is 1. The third-order valence-electron chi connectivity index (χ3n) is 4.74. The van der Waals surface area contributed by atoms with Gasteiger partial charge in [0.25, 0.3) is 0 Å². The molecule has 5 nitrogen and oxygen atoms in total. The van der Waals surface area contributed by atoms with Crippen molar-refractivity contribution < 1.29 is 9.90 Å². The maximum absolute atomic E-state index is 12.3. The van der Waals surface area contributed by atoms with Gasteiger partial charge in [0, 0.05) is 24.2 Å². The SMILES string of the molecule is Cc1csc(CNC(=O)N2CCC(CCc3ccc(O)cc3)CC2)n1. The van der Waals surface area contributed by atoms with Crippen molar-refractivity contribution in [1.29, 1.82) is 0 Å². The second kappa shape index (κ2) is 8.34. The fourth-order valence-corrected chi connectivity index (χ4v) is 3.92. The number of rotatable bonds is 5. The third-order valence-corrected chi connectivity index (χ3v) is 5.70. The van der Waals surface area contributed by atoms with Crippen LogP contribution in [-0.4, -0.2) is 34.1 Å². The topological polar surface area (TPSA) is 65.5 Å². The van der Waals surface area contributed by atoms with E-state index in [1.807, 2.05) is 29.3 Å². The lowest BCUT2D eigenvalue weighted by molar-refractivity contribution is 0.168. The highest BCUT2D eigenvalue weighted by atomic mass is 32.1. The Bertz CT molecular complexity index is 691. The predicted molar refractivity (Wildman–Crippen MR) is 99.8 cm³/mol. The largest absolute Gasteiger partial charge is 0.508 e. The van der Waals surface area contributed by atoms with Crippen LogP contribution in [0.25, 0.3) is 0 Å². The van der Waals surface area contributed by atoms with Crippen LogP contribution in [0.4, 0.5) is 4.79 Å². The van der Waals surface area contributed by atoms with Gasteiger partial charge in [-0.05, 0) is 56.2 Å². The van der Waals surface area contributed by atoms with Crippen LogP contribution in [0.2, 0.25) is 0 Å². The quantitative estimate of drug-likeness (QED) is 0.855. The number of nitrogens with zero attached hydrogens (tertiary/aromatic N) is 2. The molecular weight excluding hydrogens is 334 g/mol. The van der Waals surface area contributed by atoms with E-state index in [-0.39, 0.29) is 6.03 Å². The minimum Gasteiger partial charge on any atom is -0.508 e. The molecule has 0 unspecified atom stereocenters. The van der Waals surface area contributed by atoms with Crippen LogP contribution in [0, 0.1) is 12.8 Å². The Kier molecular flexibility index (Phi) is 5.91.